The Morgan fingerprint density at radius 3 is 2.57 bits per heavy atom. The van der Waals surface area contributed by atoms with Gasteiger partial charge in [-0.05, 0) is 30.7 Å². The first-order chi connectivity index (χ1) is 6.83. The number of nitrogens with zero attached hydrogens (tertiary/aromatic N) is 1. The van der Waals surface area contributed by atoms with E-state index in [4.69, 9.17) is 5.26 Å². The summed E-state index contributed by atoms with van der Waals surface area (Å²) in [6, 6.07) is 12.7. The molecule has 0 aliphatic carbocycles. The normalized spacial score (nSPS) is 12.0. The molecule has 1 nitrogen and oxygen atoms in total. The van der Waals surface area contributed by atoms with Crippen molar-refractivity contribution in [3.05, 3.63) is 35.9 Å². The van der Waals surface area contributed by atoms with Gasteiger partial charge in [0.05, 0.1) is 6.07 Å². The van der Waals surface area contributed by atoms with Gasteiger partial charge in [-0.15, -0.1) is 0 Å². The van der Waals surface area contributed by atoms with Crippen molar-refractivity contribution in [2.24, 2.45) is 5.92 Å². The first-order valence-corrected chi connectivity index (χ1v) is 5.24. The monoisotopic (exact) mass is 187 g/mol. The number of aryl methyl sites for hydroxylation is 1. The van der Waals surface area contributed by atoms with Gasteiger partial charge in [0, 0.05) is 6.42 Å². The largest absolute Gasteiger partial charge is 0.198 e. The van der Waals surface area contributed by atoms with Crippen LogP contribution in [0.15, 0.2) is 30.3 Å². The molecule has 1 aromatic carbocycles. The topological polar surface area (TPSA) is 23.8 Å². The fourth-order valence-corrected chi connectivity index (χ4v) is 1.51. The van der Waals surface area contributed by atoms with Crippen LogP contribution < -0.4 is 0 Å². The van der Waals surface area contributed by atoms with E-state index in [0.29, 0.717) is 12.3 Å². The van der Waals surface area contributed by atoms with Crippen molar-refractivity contribution in [2.45, 2.75) is 32.6 Å². The minimum absolute atomic E-state index is 0.662. The SMILES string of the molecule is CC(CCC#N)CCc1ccccc1. The van der Waals surface area contributed by atoms with Crippen LogP contribution in [0.3, 0.4) is 0 Å². The molecule has 14 heavy (non-hydrogen) atoms. The van der Waals surface area contributed by atoms with Gasteiger partial charge in [0.15, 0.2) is 0 Å². The van der Waals surface area contributed by atoms with Crippen LogP contribution in [0.2, 0.25) is 0 Å². The van der Waals surface area contributed by atoms with Crippen LogP contribution in [0.5, 0.6) is 0 Å². The number of rotatable bonds is 5. The lowest BCUT2D eigenvalue weighted by Crippen LogP contribution is -1.96. The molecule has 0 spiro atoms. The number of hydrogen-bond donors (Lipinski definition) is 0. The van der Waals surface area contributed by atoms with Gasteiger partial charge < -0.3 is 0 Å². The zero-order valence-corrected chi connectivity index (χ0v) is 8.74. The lowest BCUT2D eigenvalue weighted by Gasteiger charge is -2.08. The second kappa shape index (κ2) is 6.21. The second-order valence-electron chi connectivity index (χ2n) is 3.83. The highest BCUT2D eigenvalue weighted by molar-refractivity contribution is 5.14. The summed E-state index contributed by atoms with van der Waals surface area (Å²) in [6.07, 6.45) is 4.04. The van der Waals surface area contributed by atoms with Crippen LogP contribution in [-0.4, -0.2) is 0 Å². The van der Waals surface area contributed by atoms with Gasteiger partial charge in [0.1, 0.15) is 0 Å². The average molecular weight is 187 g/mol. The van der Waals surface area contributed by atoms with Crippen LogP contribution in [0.4, 0.5) is 0 Å². The van der Waals surface area contributed by atoms with E-state index in [1.807, 2.05) is 6.07 Å². The molecule has 0 aliphatic heterocycles. The molecule has 1 rings (SSSR count). The highest BCUT2D eigenvalue weighted by Gasteiger charge is 2.01. The third-order valence-corrected chi connectivity index (χ3v) is 2.52. The molecule has 0 aliphatic rings. The molecule has 1 aromatic rings. The average Bonchev–Trinajstić information content (AvgIpc) is 2.25. The molecular weight excluding hydrogens is 170 g/mol. The smallest absolute Gasteiger partial charge is 0.0621 e. The molecule has 0 aromatic heterocycles. The van der Waals surface area contributed by atoms with Gasteiger partial charge in [-0.3, -0.25) is 0 Å². The van der Waals surface area contributed by atoms with E-state index < -0.39 is 0 Å². The second-order valence-corrected chi connectivity index (χ2v) is 3.83. The molecule has 1 heteroatoms. The summed E-state index contributed by atoms with van der Waals surface area (Å²) in [5.74, 6) is 0.662. The molecular formula is C13H17N. The molecule has 0 fully saturated rings. The first-order valence-electron chi connectivity index (χ1n) is 5.24. The highest BCUT2D eigenvalue weighted by Crippen LogP contribution is 2.13. The Morgan fingerprint density at radius 1 is 1.21 bits per heavy atom. The van der Waals surface area contributed by atoms with E-state index >= 15 is 0 Å². The van der Waals surface area contributed by atoms with Crippen LogP contribution in [0.25, 0.3) is 0 Å². The third-order valence-electron chi connectivity index (χ3n) is 2.52. The lowest BCUT2D eigenvalue weighted by molar-refractivity contribution is 0.499. The Kier molecular flexibility index (Phi) is 4.78. The van der Waals surface area contributed by atoms with E-state index in [2.05, 4.69) is 37.3 Å². The van der Waals surface area contributed by atoms with E-state index in [-0.39, 0.29) is 0 Å². The van der Waals surface area contributed by atoms with Crippen molar-refractivity contribution in [1.82, 2.24) is 0 Å². The van der Waals surface area contributed by atoms with Crippen molar-refractivity contribution in [2.75, 3.05) is 0 Å². The quantitative estimate of drug-likeness (QED) is 0.691. The Morgan fingerprint density at radius 2 is 1.93 bits per heavy atom. The van der Waals surface area contributed by atoms with Gasteiger partial charge in [0.2, 0.25) is 0 Å². The Labute approximate surface area is 86.4 Å². The molecule has 0 N–H and O–H groups in total. The maximum absolute atomic E-state index is 8.45. The van der Waals surface area contributed by atoms with Crippen molar-refractivity contribution in [3.63, 3.8) is 0 Å². The van der Waals surface area contributed by atoms with Crippen LogP contribution in [-0.2, 0) is 6.42 Å². The van der Waals surface area contributed by atoms with Gasteiger partial charge >= 0.3 is 0 Å². The zero-order valence-electron chi connectivity index (χ0n) is 8.74. The predicted molar refractivity (Wildman–Crippen MR) is 58.8 cm³/mol. The molecule has 1 unspecified atom stereocenters. The molecule has 0 heterocycles. The number of benzene rings is 1. The van der Waals surface area contributed by atoms with Crippen molar-refractivity contribution in [3.8, 4) is 6.07 Å². The Balaban J connectivity index is 2.24. The summed E-state index contributed by atoms with van der Waals surface area (Å²) in [5, 5.41) is 8.45. The summed E-state index contributed by atoms with van der Waals surface area (Å²) >= 11 is 0. The third kappa shape index (κ3) is 4.09. The molecule has 0 saturated heterocycles. The minimum Gasteiger partial charge on any atom is -0.198 e. The molecule has 0 bridgehead atoms. The van der Waals surface area contributed by atoms with E-state index in [1.165, 1.54) is 12.0 Å². The van der Waals surface area contributed by atoms with Crippen molar-refractivity contribution in [1.29, 1.82) is 5.26 Å². The molecule has 0 radical (unpaired) electrons. The summed E-state index contributed by atoms with van der Waals surface area (Å²) in [7, 11) is 0. The Hall–Kier alpha value is -1.29. The van der Waals surface area contributed by atoms with Crippen molar-refractivity contribution >= 4 is 0 Å². The predicted octanol–water partition coefficient (Wildman–Crippen LogP) is 3.56. The van der Waals surface area contributed by atoms with Crippen LogP contribution >= 0.6 is 0 Å². The maximum atomic E-state index is 8.45. The molecule has 0 saturated carbocycles. The van der Waals surface area contributed by atoms with Gasteiger partial charge in [-0.1, -0.05) is 37.3 Å². The van der Waals surface area contributed by atoms with E-state index in [1.54, 1.807) is 0 Å². The van der Waals surface area contributed by atoms with Gasteiger partial charge in [-0.2, -0.15) is 5.26 Å². The summed E-state index contributed by atoms with van der Waals surface area (Å²) < 4.78 is 0. The fraction of sp³-hybridized carbons (Fsp3) is 0.462. The lowest BCUT2D eigenvalue weighted by atomic mass is 9.97. The zero-order chi connectivity index (χ0) is 10.2. The van der Waals surface area contributed by atoms with E-state index in [0.717, 1.165) is 12.8 Å². The highest BCUT2D eigenvalue weighted by atomic mass is 14.2. The van der Waals surface area contributed by atoms with Crippen LogP contribution in [0, 0.1) is 17.2 Å². The summed E-state index contributed by atoms with van der Waals surface area (Å²) in [6.45, 7) is 2.22. The minimum atomic E-state index is 0.662. The van der Waals surface area contributed by atoms with Gasteiger partial charge in [0.25, 0.3) is 0 Å². The summed E-state index contributed by atoms with van der Waals surface area (Å²) in [4.78, 5) is 0. The molecule has 1 atom stereocenters. The maximum Gasteiger partial charge on any atom is 0.0621 e. The standard InChI is InChI=1S/C13H17N/c1-12(6-5-11-14)9-10-13-7-3-2-4-8-13/h2-4,7-8,12H,5-6,9-10H2,1H3. The summed E-state index contributed by atoms with van der Waals surface area (Å²) in [5.41, 5.74) is 1.40. The van der Waals surface area contributed by atoms with Crippen molar-refractivity contribution < 1.29 is 0 Å². The van der Waals surface area contributed by atoms with Crippen LogP contribution in [0.1, 0.15) is 31.7 Å². The Bertz CT molecular complexity index is 284. The molecule has 74 valence electrons. The van der Waals surface area contributed by atoms with E-state index in [9.17, 15) is 0 Å². The molecule has 0 amide bonds. The number of nitriles is 1. The number of hydrogen-bond acceptors (Lipinski definition) is 1. The fourth-order valence-electron chi connectivity index (χ4n) is 1.51. The van der Waals surface area contributed by atoms with Gasteiger partial charge in [-0.25, -0.2) is 0 Å². The first kappa shape index (κ1) is 10.8.